The highest BCUT2D eigenvalue weighted by Gasteiger charge is 2.05. The maximum atomic E-state index is 11.9. The van der Waals surface area contributed by atoms with Gasteiger partial charge >= 0.3 is 0 Å². The van der Waals surface area contributed by atoms with Crippen LogP contribution in [-0.4, -0.2) is 17.4 Å². The fraction of sp³-hybridized carbons (Fsp3) is 0.188. The third-order valence-electron chi connectivity index (χ3n) is 3.00. The third-order valence-corrected chi connectivity index (χ3v) is 3.00. The van der Waals surface area contributed by atoms with Crippen LogP contribution in [0.1, 0.15) is 18.2 Å². The zero-order valence-corrected chi connectivity index (χ0v) is 11.8. The van der Waals surface area contributed by atoms with E-state index >= 15 is 0 Å². The Labute approximate surface area is 123 Å². The molecule has 1 heterocycles. The summed E-state index contributed by atoms with van der Waals surface area (Å²) in [5.41, 5.74) is 2.99. The lowest BCUT2D eigenvalue weighted by molar-refractivity contribution is -0.114. The molecule has 1 aromatic carbocycles. The van der Waals surface area contributed by atoms with Gasteiger partial charge in [-0.1, -0.05) is 25.1 Å². The first-order valence-electron chi connectivity index (χ1n) is 6.70. The summed E-state index contributed by atoms with van der Waals surface area (Å²) in [7, 11) is 0. The molecular formula is C16H16N4O. The Balaban J connectivity index is 1.91. The first-order valence-corrected chi connectivity index (χ1v) is 6.70. The number of hydrogen-bond acceptors (Lipinski definition) is 4. The van der Waals surface area contributed by atoms with E-state index in [-0.39, 0.29) is 12.5 Å². The fourth-order valence-electron chi connectivity index (χ4n) is 1.89. The lowest BCUT2D eigenvalue weighted by Gasteiger charge is -2.10. The lowest BCUT2D eigenvalue weighted by Crippen LogP contribution is -2.22. The van der Waals surface area contributed by atoms with Crippen molar-refractivity contribution in [3.05, 3.63) is 53.9 Å². The number of nitriles is 1. The van der Waals surface area contributed by atoms with Crippen molar-refractivity contribution in [2.75, 3.05) is 17.2 Å². The molecule has 21 heavy (non-hydrogen) atoms. The van der Waals surface area contributed by atoms with E-state index in [1.807, 2.05) is 37.3 Å². The van der Waals surface area contributed by atoms with Gasteiger partial charge in [0.05, 0.1) is 18.4 Å². The molecule has 0 saturated carbocycles. The van der Waals surface area contributed by atoms with Crippen LogP contribution in [0.15, 0.2) is 42.6 Å². The molecule has 0 radical (unpaired) electrons. The van der Waals surface area contributed by atoms with Gasteiger partial charge in [-0.3, -0.25) is 4.79 Å². The van der Waals surface area contributed by atoms with Crippen molar-refractivity contribution in [3.8, 4) is 6.07 Å². The minimum atomic E-state index is -0.125. The van der Waals surface area contributed by atoms with Gasteiger partial charge in [0.1, 0.15) is 11.8 Å². The Kier molecular flexibility index (Phi) is 4.89. The number of nitrogens with zero attached hydrogens (tertiary/aromatic N) is 2. The molecule has 0 aliphatic heterocycles. The van der Waals surface area contributed by atoms with Crippen LogP contribution in [0.25, 0.3) is 0 Å². The predicted octanol–water partition coefficient (Wildman–Crippen LogP) is 2.57. The average Bonchev–Trinajstić information content (AvgIpc) is 2.54. The zero-order chi connectivity index (χ0) is 15.1. The molecule has 0 fully saturated rings. The topological polar surface area (TPSA) is 77.8 Å². The highest BCUT2D eigenvalue weighted by molar-refractivity contribution is 5.94. The van der Waals surface area contributed by atoms with Gasteiger partial charge in [0, 0.05) is 5.69 Å². The number of para-hydroxylation sites is 1. The number of anilines is 2. The number of benzene rings is 1. The van der Waals surface area contributed by atoms with Gasteiger partial charge in [-0.05, 0) is 30.2 Å². The molecule has 2 rings (SSSR count). The van der Waals surface area contributed by atoms with Gasteiger partial charge in [0.15, 0.2) is 0 Å². The smallest absolute Gasteiger partial charge is 0.243 e. The first kappa shape index (κ1) is 14.5. The number of pyridine rings is 1. The monoisotopic (exact) mass is 280 g/mol. The SMILES string of the molecule is CCc1ccccc1NC(=O)CNc1ccc(C#N)nc1. The predicted molar refractivity (Wildman–Crippen MR) is 81.9 cm³/mol. The molecule has 2 N–H and O–H groups in total. The summed E-state index contributed by atoms with van der Waals surface area (Å²) in [5, 5.41) is 14.5. The van der Waals surface area contributed by atoms with Crippen LogP contribution in [0.5, 0.6) is 0 Å². The normalized spacial score (nSPS) is 9.71. The van der Waals surface area contributed by atoms with Crippen molar-refractivity contribution in [1.29, 1.82) is 5.26 Å². The summed E-state index contributed by atoms with van der Waals surface area (Å²) in [4.78, 5) is 15.9. The molecule has 106 valence electrons. The highest BCUT2D eigenvalue weighted by atomic mass is 16.1. The molecule has 1 amide bonds. The van der Waals surface area contributed by atoms with Crippen LogP contribution in [0.2, 0.25) is 0 Å². The molecule has 0 saturated heterocycles. The molecule has 0 atom stereocenters. The summed E-state index contributed by atoms with van der Waals surface area (Å²) in [6.45, 7) is 2.19. The standard InChI is InChI=1S/C16H16N4O/c1-2-12-5-3-4-6-15(12)20-16(21)11-19-14-8-7-13(9-17)18-10-14/h3-8,10,19H,2,11H2,1H3,(H,20,21). The Hall–Kier alpha value is -2.87. The van der Waals surface area contributed by atoms with Crippen LogP contribution in [0.3, 0.4) is 0 Å². The molecule has 0 spiro atoms. The number of aromatic nitrogens is 1. The van der Waals surface area contributed by atoms with Crippen molar-refractivity contribution in [2.24, 2.45) is 0 Å². The van der Waals surface area contributed by atoms with E-state index in [2.05, 4.69) is 15.6 Å². The quantitative estimate of drug-likeness (QED) is 0.882. The molecule has 0 bridgehead atoms. The Morgan fingerprint density at radius 1 is 1.29 bits per heavy atom. The second kappa shape index (κ2) is 7.06. The van der Waals surface area contributed by atoms with Crippen LogP contribution in [0, 0.1) is 11.3 Å². The van der Waals surface area contributed by atoms with Crippen LogP contribution in [-0.2, 0) is 11.2 Å². The number of rotatable bonds is 5. The Morgan fingerprint density at radius 3 is 2.76 bits per heavy atom. The molecule has 2 aromatic rings. The van der Waals surface area contributed by atoms with E-state index in [4.69, 9.17) is 5.26 Å². The maximum Gasteiger partial charge on any atom is 0.243 e. The van der Waals surface area contributed by atoms with Crippen LogP contribution < -0.4 is 10.6 Å². The minimum Gasteiger partial charge on any atom is -0.375 e. The average molecular weight is 280 g/mol. The zero-order valence-electron chi connectivity index (χ0n) is 11.8. The molecule has 0 unspecified atom stereocenters. The first-order chi connectivity index (χ1) is 10.2. The van der Waals surface area contributed by atoms with E-state index in [0.29, 0.717) is 11.4 Å². The minimum absolute atomic E-state index is 0.125. The molecule has 1 aromatic heterocycles. The summed E-state index contributed by atoms with van der Waals surface area (Å²) in [6.07, 6.45) is 2.40. The second-order valence-corrected chi connectivity index (χ2v) is 4.46. The van der Waals surface area contributed by atoms with Crippen LogP contribution >= 0.6 is 0 Å². The Morgan fingerprint density at radius 2 is 2.10 bits per heavy atom. The van der Waals surface area contributed by atoms with Crippen LogP contribution in [0.4, 0.5) is 11.4 Å². The van der Waals surface area contributed by atoms with Gasteiger partial charge in [-0.25, -0.2) is 4.98 Å². The third kappa shape index (κ3) is 4.05. The number of carbonyl (C=O) groups excluding carboxylic acids is 1. The van der Waals surface area contributed by atoms with E-state index in [0.717, 1.165) is 17.7 Å². The van der Waals surface area contributed by atoms with Crippen molar-refractivity contribution >= 4 is 17.3 Å². The largest absolute Gasteiger partial charge is 0.375 e. The second-order valence-electron chi connectivity index (χ2n) is 4.46. The van der Waals surface area contributed by atoms with E-state index < -0.39 is 0 Å². The summed E-state index contributed by atoms with van der Waals surface area (Å²) < 4.78 is 0. The van der Waals surface area contributed by atoms with E-state index in [1.165, 1.54) is 6.20 Å². The fourth-order valence-corrected chi connectivity index (χ4v) is 1.89. The summed E-state index contributed by atoms with van der Waals surface area (Å²) in [6, 6.07) is 13.0. The van der Waals surface area contributed by atoms with Gasteiger partial charge < -0.3 is 10.6 Å². The molecule has 5 heteroatoms. The molecule has 5 nitrogen and oxygen atoms in total. The molecular weight excluding hydrogens is 264 g/mol. The van der Waals surface area contributed by atoms with Gasteiger partial charge in [-0.2, -0.15) is 5.26 Å². The summed E-state index contributed by atoms with van der Waals surface area (Å²) in [5.74, 6) is -0.125. The summed E-state index contributed by atoms with van der Waals surface area (Å²) >= 11 is 0. The van der Waals surface area contributed by atoms with Gasteiger partial charge in [0.25, 0.3) is 0 Å². The number of amides is 1. The Bertz CT molecular complexity index is 659. The van der Waals surface area contributed by atoms with Crippen molar-refractivity contribution in [1.82, 2.24) is 4.98 Å². The molecule has 0 aliphatic rings. The maximum absolute atomic E-state index is 11.9. The van der Waals surface area contributed by atoms with Gasteiger partial charge in [-0.15, -0.1) is 0 Å². The highest BCUT2D eigenvalue weighted by Crippen LogP contribution is 2.15. The van der Waals surface area contributed by atoms with E-state index in [9.17, 15) is 4.79 Å². The lowest BCUT2D eigenvalue weighted by atomic mass is 10.1. The number of carbonyl (C=O) groups is 1. The number of aryl methyl sites for hydroxylation is 1. The van der Waals surface area contributed by atoms with Crippen molar-refractivity contribution < 1.29 is 4.79 Å². The van der Waals surface area contributed by atoms with Crippen molar-refractivity contribution in [2.45, 2.75) is 13.3 Å². The van der Waals surface area contributed by atoms with E-state index in [1.54, 1.807) is 12.1 Å². The number of nitrogens with one attached hydrogen (secondary N) is 2. The van der Waals surface area contributed by atoms with Gasteiger partial charge in [0.2, 0.25) is 5.91 Å². The number of hydrogen-bond donors (Lipinski definition) is 2. The van der Waals surface area contributed by atoms with Crippen molar-refractivity contribution in [3.63, 3.8) is 0 Å². The molecule has 0 aliphatic carbocycles.